The quantitative estimate of drug-likeness (QED) is 0.512. The monoisotopic (exact) mass is 272 g/mol. The molecule has 0 atom stereocenters. The highest BCUT2D eigenvalue weighted by molar-refractivity contribution is 6.67. The van der Waals surface area contributed by atoms with Gasteiger partial charge in [0.15, 0.2) is 11.6 Å². The van der Waals surface area contributed by atoms with E-state index in [1.807, 2.05) is 0 Å². The molecule has 1 aromatic rings. The molecule has 0 saturated heterocycles. The summed E-state index contributed by atoms with van der Waals surface area (Å²) in [6.45, 7) is 2.65. The number of ether oxygens (including phenoxy) is 1. The van der Waals surface area contributed by atoms with Crippen LogP contribution >= 0.6 is 11.6 Å². The number of unbranched alkanes of at least 4 members (excludes halogenated alkanes) is 4. The molecule has 0 bridgehead atoms. The van der Waals surface area contributed by atoms with Gasteiger partial charge >= 0.3 is 0 Å². The second-order valence-electron chi connectivity index (χ2n) is 4.18. The maximum absolute atomic E-state index is 13.5. The lowest BCUT2D eigenvalue weighted by Gasteiger charge is -2.07. The number of benzene rings is 1. The largest absolute Gasteiger partial charge is 0.491 e. The first-order chi connectivity index (χ1) is 8.65. The second-order valence-corrected chi connectivity index (χ2v) is 4.52. The van der Waals surface area contributed by atoms with Crippen molar-refractivity contribution in [2.24, 2.45) is 0 Å². The summed E-state index contributed by atoms with van der Waals surface area (Å²) in [5.41, 5.74) is 0.143. The van der Waals surface area contributed by atoms with Crippen LogP contribution < -0.4 is 4.74 Å². The number of rotatable bonds is 8. The molecule has 4 heteroatoms. The van der Waals surface area contributed by atoms with Crippen LogP contribution in [0.4, 0.5) is 4.39 Å². The summed E-state index contributed by atoms with van der Waals surface area (Å²) in [5, 5.41) is -0.667. The van der Waals surface area contributed by atoms with Crippen LogP contribution in [0.15, 0.2) is 18.2 Å². The van der Waals surface area contributed by atoms with Gasteiger partial charge in [0.25, 0.3) is 5.24 Å². The van der Waals surface area contributed by atoms with Crippen molar-refractivity contribution in [1.82, 2.24) is 0 Å². The van der Waals surface area contributed by atoms with Crippen molar-refractivity contribution in [3.8, 4) is 5.75 Å². The van der Waals surface area contributed by atoms with Crippen molar-refractivity contribution in [3.05, 3.63) is 29.6 Å². The highest BCUT2D eigenvalue weighted by atomic mass is 35.5. The zero-order valence-electron chi connectivity index (χ0n) is 10.5. The minimum absolute atomic E-state index is 0.143. The molecule has 0 heterocycles. The van der Waals surface area contributed by atoms with E-state index in [2.05, 4.69) is 6.92 Å². The van der Waals surface area contributed by atoms with Gasteiger partial charge in [-0.1, -0.05) is 32.6 Å². The summed E-state index contributed by atoms with van der Waals surface area (Å²) in [6.07, 6.45) is 5.61. The lowest BCUT2D eigenvalue weighted by atomic mass is 10.2. The van der Waals surface area contributed by atoms with Gasteiger partial charge < -0.3 is 4.74 Å². The Bertz CT molecular complexity index is 393. The molecule has 0 fully saturated rings. The van der Waals surface area contributed by atoms with Crippen molar-refractivity contribution in [1.29, 1.82) is 0 Å². The standard InChI is InChI=1S/C14H18ClFO2/c1-2-3-4-5-6-9-18-13-8-7-11(14(15)17)10-12(13)16/h7-8,10H,2-6,9H2,1H3. The molecule has 0 radical (unpaired) electrons. The van der Waals surface area contributed by atoms with Crippen LogP contribution in [-0.2, 0) is 0 Å². The van der Waals surface area contributed by atoms with E-state index in [1.165, 1.54) is 31.4 Å². The molecule has 100 valence electrons. The number of carbonyl (C=O) groups is 1. The summed E-state index contributed by atoms with van der Waals surface area (Å²) in [4.78, 5) is 10.8. The Balaban J connectivity index is 2.36. The summed E-state index contributed by atoms with van der Waals surface area (Å²) in [7, 11) is 0. The number of carbonyl (C=O) groups excluding carboxylic acids is 1. The van der Waals surface area contributed by atoms with Gasteiger partial charge in [-0.05, 0) is 36.2 Å². The third-order valence-electron chi connectivity index (χ3n) is 2.66. The maximum atomic E-state index is 13.5. The van der Waals surface area contributed by atoms with Crippen LogP contribution in [0.3, 0.4) is 0 Å². The van der Waals surface area contributed by atoms with Crippen LogP contribution in [0.25, 0.3) is 0 Å². The molecule has 1 aromatic carbocycles. The van der Waals surface area contributed by atoms with Crippen molar-refractivity contribution >= 4 is 16.8 Å². The van der Waals surface area contributed by atoms with E-state index >= 15 is 0 Å². The first-order valence-corrected chi connectivity index (χ1v) is 6.65. The Morgan fingerprint density at radius 1 is 1.28 bits per heavy atom. The van der Waals surface area contributed by atoms with Gasteiger partial charge in [-0.15, -0.1) is 0 Å². The van der Waals surface area contributed by atoms with Crippen molar-refractivity contribution in [2.75, 3.05) is 6.61 Å². The molecule has 0 aliphatic carbocycles. The summed E-state index contributed by atoms with van der Waals surface area (Å²) < 4.78 is 18.8. The Hall–Kier alpha value is -1.09. The molecule has 0 amide bonds. The van der Waals surface area contributed by atoms with Gasteiger partial charge in [0.2, 0.25) is 0 Å². The first-order valence-electron chi connectivity index (χ1n) is 6.27. The SMILES string of the molecule is CCCCCCCOc1ccc(C(=O)Cl)cc1F. The van der Waals surface area contributed by atoms with Gasteiger partial charge in [0, 0.05) is 5.56 Å². The number of halogens is 2. The highest BCUT2D eigenvalue weighted by Gasteiger charge is 2.08. The average Bonchev–Trinajstić information content (AvgIpc) is 2.35. The van der Waals surface area contributed by atoms with Gasteiger partial charge in [-0.2, -0.15) is 0 Å². The molecule has 0 saturated carbocycles. The topological polar surface area (TPSA) is 26.3 Å². The van der Waals surface area contributed by atoms with E-state index in [4.69, 9.17) is 16.3 Å². The molecular weight excluding hydrogens is 255 g/mol. The fraction of sp³-hybridized carbons (Fsp3) is 0.500. The molecule has 1 rings (SSSR count). The van der Waals surface area contributed by atoms with E-state index in [9.17, 15) is 9.18 Å². The van der Waals surface area contributed by atoms with Gasteiger partial charge in [-0.25, -0.2) is 4.39 Å². The normalized spacial score (nSPS) is 10.4. The Morgan fingerprint density at radius 2 is 2.00 bits per heavy atom. The summed E-state index contributed by atoms with van der Waals surface area (Å²) in [5.74, 6) is -0.373. The predicted molar refractivity (Wildman–Crippen MR) is 70.8 cm³/mol. The van der Waals surface area contributed by atoms with E-state index < -0.39 is 11.1 Å². The minimum atomic E-state index is -0.667. The Morgan fingerprint density at radius 3 is 2.61 bits per heavy atom. The lowest BCUT2D eigenvalue weighted by Crippen LogP contribution is -2.00. The Labute approximate surface area is 112 Å². The zero-order valence-corrected chi connectivity index (χ0v) is 11.3. The van der Waals surface area contributed by atoms with E-state index in [1.54, 1.807) is 0 Å². The van der Waals surface area contributed by atoms with Crippen molar-refractivity contribution in [2.45, 2.75) is 39.0 Å². The molecule has 0 N–H and O–H groups in total. The fourth-order valence-electron chi connectivity index (χ4n) is 1.63. The van der Waals surface area contributed by atoms with Crippen LogP contribution in [-0.4, -0.2) is 11.8 Å². The first kappa shape index (κ1) is 15.0. The number of hydrogen-bond acceptors (Lipinski definition) is 2. The predicted octanol–water partition coefficient (Wildman–Crippen LogP) is 4.55. The van der Waals surface area contributed by atoms with E-state index in [0.29, 0.717) is 6.61 Å². The lowest BCUT2D eigenvalue weighted by molar-refractivity contribution is 0.108. The Kier molecular flexibility index (Phi) is 6.73. The molecule has 18 heavy (non-hydrogen) atoms. The smallest absolute Gasteiger partial charge is 0.252 e. The van der Waals surface area contributed by atoms with Gasteiger partial charge in [0.1, 0.15) is 0 Å². The fourth-order valence-corrected chi connectivity index (χ4v) is 1.75. The molecular formula is C14H18ClFO2. The van der Waals surface area contributed by atoms with Crippen molar-refractivity contribution in [3.63, 3.8) is 0 Å². The molecule has 2 nitrogen and oxygen atoms in total. The summed E-state index contributed by atoms with van der Waals surface area (Å²) in [6, 6.07) is 4.00. The van der Waals surface area contributed by atoms with Crippen LogP contribution in [0.2, 0.25) is 0 Å². The average molecular weight is 273 g/mol. The third-order valence-corrected chi connectivity index (χ3v) is 2.88. The molecule has 0 aliphatic rings. The van der Waals surface area contributed by atoms with Crippen LogP contribution in [0.5, 0.6) is 5.75 Å². The summed E-state index contributed by atoms with van der Waals surface area (Å²) >= 11 is 5.26. The highest BCUT2D eigenvalue weighted by Crippen LogP contribution is 2.19. The second kappa shape index (κ2) is 8.09. The van der Waals surface area contributed by atoms with Gasteiger partial charge in [0.05, 0.1) is 6.61 Å². The van der Waals surface area contributed by atoms with E-state index in [-0.39, 0.29) is 11.3 Å². The zero-order chi connectivity index (χ0) is 13.4. The minimum Gasteiger partial charge on any atom is -0.491 e. The van der Waals surface area contributed by atoms with E-state index in [0.717, 1.165) is 18.9 Å². The number of hydrogen-bond donors (Lipinski definition) is 0. The molecule has 0 spiro atoms. The molecule has 0 aliphatic heterocycles. The van der Waals surface area contributed by atoms with Crippen molar-refractivity contribution < 1.29 is 13.9 Å². The molecule has 0 unspecified atom stereocenters. The third kappa shape index (κ3) is 5.05. The van der Waals surface area contributed by atoms with Crippen LogP contribution in [0, 0.1) is 5.82 Å². The van der Waals surface area contributed by atoms with Gasteiger partial charge in [-0.3, -0.25) is 4.79 Å². The maximum Gasteiger partial charge on any atom is 0.252 e. The molecule has 0 aromatic heterocycles. The van der Waals surface area contributed by atoms with Crippen LogP contribution in [0.1, 0.15) is 49.4 Å².